The lowest BCUT2D eigenvalue weighted by atomic mass is 10.2. The predicted molar refractivity (Wildman–Crippen MR) is 118 cm³/mol. The van der Waals surface area contributed by atoms with Crippen LogP contribution >= 0.6 is 34.7 Å². The Hall–Kier alpha value is -2.61. The number of imide groups is 1. The van der Waals surface area contributed by atoms with Crippen LogP contribution in [0.4, 0.5) is 4.79 Å². The Kier molecular flexibility index (Phi) is 5.71. The van der Waals surface area contributed by atoms with E-state index in [0.29, 0.717) is 14.8 Å². The second-order valence-corrected chi connectivity index (χ2v) is 8.66. The van der Waals surface area contributed by atoms with Crippen molar-refractivity contribution in [3.8, 4) is 0 Å². The van der Waals surface area contributed by atoms with Crippen LogP contribution < -0.4 is 5.32 Å². The molecule has 8 heteroatoms. The molecule has 1 aliphatic rings. The molecular formula is C21H15ClN2O3S2. The van der Waals surface area contributed by atoms with Crippen LogP contribution in [0, 0.1) is 0 Å². The predicted octanol–water partition coefficient (Wildman–Crippen LogP) is 5.02. The Bertz CT molecular complexity index is 1140. The van der Waals surface area contributed by atoms with E-state index in [4.69, 9.17) is 11.6 Å². The molecule has 146 valence electrons. The Labute approximate surface area is 180 Å². The summed E-state index contributed by atoms with van der Waals surface area (Å²) < 4.78 is 0.930. The normalized spacial score (nSPS) is 15.5. The lowest BCUT2D eigenvalue weighted by Gasteiger charge is -2.12. The van der Waals surface area contributed by atoms with E-state index < -0.39 is 0 Å². The second kappa shape index (κ2) is 8.41. The molecule has 2 heterocycles. The molecule has 1 fully saturated rings. The summed E-state index contributed by atoms with van der Waals surface area (Å²) in [5.74, 6) is -0.666. The molecule has 0 spiro atoms. The fourth-order valence-corrected chi connectivity index (χ4v) is 5.21. The number of fused-ring (bicyclic) bond motifs is 1. The van der Waals surface area contributed by atoms with E-state index in [-0.39, 0.29) is 30.1 Å². The van der Waals surface area contributed by atoms with Gasteiger partial charge in [0.05, 0.1) is 9.93 Å². The minimum absolute atomic E-state index is 0.102. The summed E-state index contributed by atoms with van der Waals surface area (Å²) in [6.07, 6.45) is 1.69. The van der Waals surface area contributed by atoms with Gasteiger partial charge in [-0.2, -0.15) is 0 Å². The van der Waals surface area contributed by atoms with Crippen molar-refractivity contribution in [3.05, 3.63) is 75.0 Å². The first-order chi connectivity index (χ1) is 14.0. The molecule has 1 saturated heterocycles. The van der Waals surface area contributed by atoms with Crippen molar-refractivity contribution in [1.82, 2.24) is 10.2 Å². The topological polar surface area (TPSA) is 66.5 Å². The first-order valence-electron chi connectivity index (χ1n) is 8.80. The van der Waals surface area contributed by atoms with Gasteiger partial charge in [0, 0.05) is 23.2 Å². The zero-order chi connectivity index (χ0) is 20.4. The highest BCUT2D eigenvalue weighted by atomic mass is 35.5. The van der Waals surface area contributed by atoms with Crippen molar-refractivity contribution in [3.63, 3.8) is 0 Å². The zero-order valence-electron chi connectivity index (χ0n) is 15.1. The number of thioether (sulfide) groups is 1. The summed E-state index contributed by atoms with van der Waals surface area (Å²) in [6.45, 7) is 0.255. The molecule has 1 aliphatic heterocycles. The lowest BCUT2D eigenvalue weighted by Crippen LogP contribution is -2.37. The fraction of sp³-hybridized carbons (Fsp3) is 0.0952. The molecule has 0 atom stereocenters. The molecule has 1 N–H and O–H groups in total. The van der Waals surface area contributed by atoms with Crippen LogP contribution in [0.5, 0.6) is 0 Å². The molecule has 0 aliphatic carbocycles. The van der Waals surface area contributed by atoms with Gasteiger partial charge in [-0.15, -0.1) is 11.3 Å². The quantitative estimate of drug-likeness (QED) is 0.563. The Morgan fingerprint density at radius 1 is 1.07 bits per heavy atom. The standard InChI is InChI=1S/C21H15ClN2O3S2/c22-17-14-8-4-5-9-15(14)28-18(17)19(25)23-10-11-24-20(26)16(29-21(24)27)12-13-6-2-1-3-7-13/h1-9,12H,10-11H2,(H,23,25)/b16-12-. The third-order valence-corrected chi connectivity index (χ3v) is 6.91. The number of nitrogens with one attached hydrogen (secondary N) is 1. The fourth-order valence-electron chi connectivity index (χ4n) is 2.91. The maximum atomic E-state index is 12.5. The smallest absolute Gasteiger partial charge is 0.293 e. The minimum Gasteiger partial charge on any atom is -0.349 e. The SMILES string of the molecule is O=C(NCCN1C(=O)S/C(=C\c2ccccc2)C1=O)c1sc2ccccc2c1Cl. The van der Waals surface area contributed by atoms with E-state index in [1.54, 1.807) is 6.08 Å². The van der Waals surface area contributed by atoms with Gasteiger partial charge in [0.15, 0.2) is 0 Å². The monoisotopic (exact) mass is 442 g/mol. The van der Waals surface area contributed by atoms with Crippen LogP contribution in [-0.4, -0.2) is 35.0 Å². The summed E-state index contributed by atoms with van der Waals surface area (Å²) in [5.41, 5.74) is 0.853. The molecule has 4 rings (SSSR count). The largest absolute Gasteiger partial charge is 0.349 e. The number of amides is 3. The summed E-state index contributed by atoms with van der Waals surface area (Å²) >= 11 is 8.54. The van der Waals surface area contributed by atoms with Gasteiger partial charge in [0.2, 0.25) is 0 Å². The van der Waals surface area contributed by atoms with Crippen molar-refractivity contribution in [2.45, 2.75) is 0 Å². The summed E-state index contributed by atoms with van der Waals surface area (Å²) in [6, 6.07) is 16.9. The Balaban J connectivity index is 1.39. The van der Waals surface area contributed by atoms with Gasteiger partial charge in [-0.25, -0.2) is 0 Å². The van der Waals surface area contributed by atoms with Crippen molar-refractivity contribution >= 4 is 67.9 Å². The number of benzene rings is 2. The molecule has 0 unspecified atom stereocenters. The summed E-state index contributed by atoms with van der Waals surface area (Å²) in [4.78, 5) is 39.1. The lowest BCUT2D eigenvalue weighted by molar-refractivity contribution is -0.122. The van der Waals surface area contributed by atoms with Crippen LogP contribution in [0.2, 0.25) is 5.02 Å². The van der Waals surface area contributed by atoms with E-state index in [0.717, 1.165) is 32.3 Å². The number of halogens is 1. The van der Waals surface area contributed by atoms with Crippen molar-refractivity contribution < 1.29 is 14.4 Å². The number of carbonyl (C=O) groups excluding carboxylic acids is 3. The molecule has 0 radical (unpaired) electrons. The van der Waals surface area contributed by atoms with Crippen LogP contribution in [0.25, 0.3) is 16.2 Å². The third kappa shape index (κ3) is 4.07. The molecule has 2 aromatic carbocycles. The van der Waals surface area contributed by atoms with E-state index in [1.807, 2.05) is 54.6 Å². The number of carbonyl (C=O) groups is 3. The number of hydrogen-bond donors (Lipinski definition) is 1. The zero-order valence-corrected chi connectivity index (χ0v) is 17.4. The van der Waals surface area contributed by atoms with Gasteiger partial charge in [0.25, 0.3) is 17.1 Å². The Morgan fingerprint density at radius 3 is 2.55 bits per heavy atom. The highest BCUT2D eigenvalue weighted by Gasteiger charge is 2.34. The molecule has 1 aromatic heterocycles. The van der Waals surface area contributed by atoms with Gasteiger partial charge in [-0.05, 0) is 29.5 Å². The van der Waals surface area contributed by atoms with Crippen molar-refractivity contribution in [2.24, 2.45) is 0 Å². The van der Waals surface area contributed by atoms with E-state index in [9.17, 15) is 14.4 Å². The van der Waals surface area contributed by atoms with Crippen molar-refractivity contribution in [2.75, 3.05) is 13.1 Å². The van der Waals surface area contributed by atoms with Gasteiger partial charge >= 0.3 is 0 Å². The Morgan fingerprint density at radius 2 is 1.79 bits per heavy atom. The average molecular weight is 443 g/mol. The number of nitrogens with zero attached hydrogens (tertiary/aromatic N) is 1. The van der Waals surface area contributed by atoms with E-state index in [1.165, 1.54) is 11.3 Å². The number of hydrogen-bond acceptors (Lipinski definition) is 5. The maximum Gasteiger partial charge on any atom is 0.293 e. The third-order valence-electron chi connectivity index (χ3n) is 4.33. The first-order valence-corrected chi connectivity index (χ1v) is 10.8. The molecule has 3 amide bonds. The molecule has 29 heavy (non-hydrogen) atoms. The highest BCUT2D eigenvalue weighted by Crippen LogP contribution is 2.35. The van der Waals surface area contributed by atoms with Gasteiger partial charge in [-0.3, -0.25) is 19.3 Å². The number of rotatable bonds is 5. The summed E-state index contributed by atoms with van der Waals surface area (Å²) in [5, 5.41) is 3.66. The minimum atomic E-state index is -0.349. The highest BCUT2D eigenvalue weighted by molar-refractivity contribution is 8.18. The van der Waals surface area contributed by atoms with Crippen LogP contribution in [0.3, 0.4) is 0 Å². The second-order valence-electron chi connectivity index (χ2n) is 6.24. The summed E-state index contributed by atoms with van der Waals surface area (Å²) in [7, 11) is 0. The van der Waals surface area contributed by atoms with E-state index in [2.05, 4.69) is 5.32 Å². The number of thiophene rings is 1. The van der Waals surface area contributed by atoms with E-state index >= 15 is 0 Å². The van der Waals surface area contributed by atoms with Crippen LogP contribution in [-0.2, 0) is 4.79 Å². The van der Waals surface area contributed by atoms with Crippen LogP contribution in [0.15, 0.2) is 59.5 Å². The molecule has 0 saturated carbocycles. The molecule has 0 bridgehead atoms. The van der Waals surface area contributed by atoms with Crippen molar-refractivity contribution in [1.29, 1.82) is 0 Å². The maximum absolute atomic E-state index is 12.5. The average Bonchev–Trinajstić information content (AvgIpc) is 3.20. The van der Waals surface area contributed by atoms with Gasteiger partial charge in [-0.1, -0.05) is 60.1 Å². The van der Waals surface area contributed by atoms with Gasteiger partial charge < -0.3 is 5.32 Å². The molecule has 5 nitrogen and oxygen atoms in total. The molecule has 3 aromatic rings. The molecular weight excluding hydrogens is 428 g/mol. The van der Waals surface area contributed by atoms with Crippen LogP contribution in [0.1, 0.15) is 15.2 Å². The van der Waals surface area contributed by atoms with Gasteiger partial charge in [0.1, 0.15) is 4.88 Å². The first kappa shape index (κ1) is 19.7.